The molecule has 0 aromatic heterocycles. The van der Waals surface area contributed by atoms with Gasteiger partial charge in [-0.1, -0.05) is 18.2 Å². The van der Waals surface area contributed by atoms with E-state index in [4.69, 9.17) is 4.74 Å². The normalized spacial score (nSPS) is 26.0. The van der Waals surface area contributed by atoms with Gasteiger partial charge in [0.2, 0.25) is 0 Å². The minimum Gasteiger partial charge on any atom is -0.481 e. The summed E-state index contributed by atoms with van der Waals surface area (Å²) in [6.45, 7) is 2.13. The van der Waals surface area contributed by atoms with E-state index in [0.717, 1.165) is 17.5 Å². The average molecular weight is 286 g/mol. The molecule has 0 amide bonds. The van der Waals surface area contributed by atoms with Crippen LogP contribution in [0.5, 0.6) is 0 Å². The molecular weight excluding hydrogens is 268 g/mol. The Bertz CT molecular complexity index is 617. The van der Waals surface area contributed by atoms with Crippen LogP contribution < -0.4 is 0 Å². The lowest BCUT2D eigenvalue weighted by Crippen LogP contribution is -2.32. The van der Waals surface area contributed by atoms with Crippen molar-refractivity contribution in [2.45, 2.75) is 25.7 Å². The van der Waals surface area contributed by atoms with E-state index in [-0.39, 0.29) is 23.7 Å². The summed E-state index contributed by atoms with van der Waals surface area (Å²) in [6.07, 6.45) is 5.46. The van der Waals surface area contributed by atoms with E-state index in [0.29, 0.717) is 18.6 Å². The summed E-state index contributed by atoms with van der Waals surface area (Å²) in [5, 5.41) is 9.42. The van der Waals surface area contributed by atoms with Crippen molar-refractivity contribution in [3.05, 3.63) is 47.0 Å². The Morgan fingerprint density at radius 1 is 1.38 bits per heavy atom. The minimum atomic E-state index is -0.728. The molecule has 0 fully saturated rings. The van der Waals surface area contributed by atoms with Crippen LogP contribution in [0.3, 0.4) is 0 Å². The summed E-state index contributed by atoms with van der Waals surface area (Å²) >= 11 is 0. The molecule has 21 heavy (non-hydrogen) atoms. The van der Waals surface area contributed by atoms with Gasteiger partial charge in [-0.2, -0.15) is 0 Å². The zero-order chi connectivity index (χ0) is 15.0. The number of esters is 1. The van der Waals surface area contributed by atoms with Gasteiger partial charge in [0.1, 0.15) is 0 Å². The number of hydrogen-bond acceptors (Lipinski definition) is 3. The Morgan fingerprint density at radius 3 is 2.90 bits per heavy atom. The molecule has 110 valence electrons. The Hall–Kier alpha value is -2.10. The van der Waals surface area contributed by atoms with E-state index in [1.54, 1.807) is 13.0 Å². The van der Waals surface area contributed by atoms with Crippen LogP contribution in [0.15, 0.2) is 30.4 Å². The summed E-state index contributed by atoms with van der Waals surface area (Å²) in [4.78, 5) is 23.3. The summed E-state index contributed by atoms with van der Waals surface area (Å²) in [7, 11) is 0. The van der Waals surface area contributed by atoms with Crippen molar-refractivity contribution in [1.29, 1.82) is 0 Å². The Morgan fingerprint density at radius 2 is 2.19 bits per heavy atom. The first-order valence-corrected chi connectivity index (χ1v) is 7.31. The number of fused-ring (bicyclic) bond motifs is 3. The highest BCUT2D eigenvalue weighted by atomic mass is 16.5. The largest absolute Gasteiger partial charge is 0.481 e. The lowest BCUT2D eigenvalue weighted by molar-refractivity contribution is -0.144. The molecule has 0 saturated carbocycles. The van der Waals surface area contributed by atoms with Crippen molar-refractivity contribution < 1.29 is 19.4 Å². The number of benzene rings is 1. The Labute approximate surface area is 123 Å². The molecule has 0 spiro atoms. The second kappa shape index (κ2) is 5.35. The van der Waals surface area contributed by atoms with Crippen molar-refractivity contribution in [3.8, 4) is 0 Å². The molecular formula is C17H18O4. The molecule has 0 bridgehead atoms. The summed E-state index contributed by atoms with van der Waals surface area (Å²) < 4.78 is 5.04. The molecule has 0 aliphatic heterocycles. The maximum Gasteiger partial charge on any atom is 0.338 e. The summed E-state index contributed by atoms with van der Waals surface area (Å²) in [6, 6.07) is 5.48. The van der Waals surface area contributed by atoms with Crippen molar-refractivity contribution in [1.82, 2.24) is 0 Å². The topological polar surface area (TPSA) is 63.6 Å². The van der Waals surface area contributed by atoms with Crippen LogP contribution in [0, 0.1) is 11.8 Å². The first kappa shape index (κ1) is 13.9. The summed E-state index contributed by atoms with van der Waals surface area (Å²) in [5.74, 6) is -1.18. The third-order valence-electron chi connectivity index (χ3n) is 4.50. The van der Waals surface area contributed by atoms with E-state index in [1.807, 2.05) is 12.1 Å². The zero-order valence-electron chi connectivity index (χ0n) is 11.9. The maximum atomic E-state index is 11.9. The smallest absolute Gasteiger partial charge is 0.338 e. The van der Waals surface area contributed by atoms with Crippen molar-refractivity contribution >= 4 is 11.9 Å². The van der Waals surface area contributed by atoms with Crippen LogP contribution in [-0.2, 0) is 16.0 Å². The fourth-order valence-corrected chi connectivity index (χ4v) is 3.51. The maximum absolute atomic E-state index is 11.9. The first-order chi connectivity index (χ1) is 10.1. The Kier molecular flexibility index (Phi) is 3.53. The molecule has 0 saturated heterocycles. The highest BCUT2D eigenvalue weighted by Gasteiger charge is 2.40. The minimum absolute atomic E-state index is 0.101. The molecule has 3 unspecified atom stereocenters. The highest BCUT2D eigenvalue weighted by molar-refractivity contribution is 5.90. The van der Waals surface area contributed by atoms with Gasteiger partial charge in [0.15, 0.2) is 0 Å². The first-order valence-electron chi connectivity index (χ1n) is 7.31. The molecule has 4 nitrogen and oxygen atoms in total. The molecule has 1 aromatic carbocycles. The number of carboxylic acids is 1. The molecule has 1 aromatic rings. The van der Waals surface area contributed by atoms with Crippen molar-refractivity contribution in [2.75, 3.05) is 6.61 Å². The van der Waals surface area contributed by atoms with Gasteiger partial charge >= 0.3 is 11.9 Å². The van der Waals surface area contributed by atoms with E-state index in [1.165, 1.54) is 0 Å². The highest BCUT2D eigenvalue weighted by Crippen LogP contribution is 2.46. The van der Waals surface area contributed by atoms with Gasteiger partial charge < -0.3 is 9.84 Å². The molecule has 0 heterocycles. The third kappa shape index (κ3) is 2.35. The SMILES string of the molecule is CCOC(=O)c1ccc2c(c1)C1C=CCC1C(C(=O)O)C2. The van der Waals surface area contributed by atoms with E-state index < -0.39 is 5.97 Å². The van der Waals surface area contributed by atoms with Gasteiger partial charge in [-0.15, -0.1) is 0 Å². The Balaban J connectivity index is 1.99. The second-order valence-electron chi connectivity index (χ2n) is 5.64. The second-order valence-corrected chi connectivity index (χ2v) is 5.64. The van der Waals surface area contributed by atoms with Gasteiger partial charge in [-0.25, -0.2) is 4.79 Å². The quantitative estimate of drug-likeness (QED) is 0.685. The standard InChI is InChI=1S/C17H18O4/c1-2-21-17(20)11-7-6-10-8-15(16(18)19)13-5-3-4-12(13)14(10)9-11/h3-4,6-7,9,12-13,15H,2,5,8H2,1H3,(H,18,19). The average Bonchev–Trinajstić information content (AvgIpc) is 2.95. The van der Waals surface area contributed by atoms with Crippen molar-refractivity contribution in [2.24, 2.45) is 11.8 Å². The van der Waals surface area contributed by atoms with Crippen LogP contribution in [0.1, 0.15) is 40.7 Å². The predicted octanol–water partition coefficient (Wildman–Crippen LogP) is 2.78. The third-order valence-corrected chi connectivity index (χ3v) is 4.50. The van der Waals surface area contributed by atoms with Crippen LogP contribution in [0.25, 0.3) is 0 Å². The number of carbonyl (C=O) groups excluding carboxylic acids is 1. The molecule has 2 aliphatic carbocycles. The fraction of sp³-hybridized carbons (Fsp3) is 0.412. The number of hydrogen-bond donors (Lipinski definition) is 1. The van der Waals surface area contributed by atoms with E-state index >= 15 is 0 Å². The number of carboxylic acid groups (broad SMARTS) is 1. The van der Waals surface area contributed by atoms with E-state index in [2.05, 4.69) is 12.2 Å². The summed E-state index contributed by atoms with van der Waals surface area (Å²) in [5.41, 5.74) is 2.66. The monoisotopic (exact) mass is 286 g/mol. The van der Waals surface area contributed by atoms with Gasteiger partial charge in [0.05, 0.1) is 18.1 Å². The number of allylic oxidation sites excluding steroid dienone is 2. The van der Waals surface area contributed by atoms with Crippen LogP contribution in [0.4, 0.5) is 0 Å². The molecule has 3 atom stereocenters. The fourth-order valence-electron chi connectivity index (χ4n) is 3.51. The molecule has 1 N–H and O–H groups in total. The lowest BCUT2D eigenvalue weighted by Gasteiger charge is -2.33. The van der Waals surface area contributed by atoms with Crippen molar-refractivity contribution in [3.63, 3.8) is 0 Å². The van der Waals surface area contributed by atoms with Gasteiger partial charge in [0.25, 0.3) is 0 Å². The molecule has 3 rings (SSSR count). The molecule has 4 heteroatoms. The number of aliphatic carboxylic acids is 1. The van der Waals surface area contributed by atoms with Gasteiger partial charge in [-0.05, 0) is 48.9 Å². The zero-order valence-corrected chi connectivity index (χ0v) is 11.9. The van der Waals surface area contributed by atoms with Gasteiger partial charge in [-0.3, -0.25) is 4.79 Å². The number of carbonyl (C=O) groups is 2. The molecule has 2 aliphatic rings. The number of rotatable bonds is 3. The predicted molar refractivity (Wildman–Crippen MR) is 77.2 cm³/mol. The van der Waals surface area contributed by atoms with Crippen LogP contribution in [0.2, 0.25) is 0 Å². The van der Waals surface area contributed by atoms with Gasteiger partial charge in [0, 0.05) is 5.92 Å². The van der Waals surface area contributed by atoms with Crippen LogP contribution in [-0.4, -0.2) is 23.7 Å². The lowest BCUT2D eigenvalue weighted by atomic mass is 9.70. The molecule has 0 radical (unpaired) electrons. The number of ether oxygens (including phenoxy) is 1. The van der Waals surface area contributed by atoms with Crippen LogP contribution >= 0.6 is 0 Å². The van der Waals surface area contributed by atoms with E-state index in [9.17, 15) is 14.7 Å².